The summed E-state index contributed by atoms with van der Waals surface area (Å²) >= 11 is 0. The standard InChI is InChI=1S/C12H19N4/c1-2-3-7-15-8-10-16(11-9-15)12-13-5-4-6-14-12/h4-7H,2-3,8-11H2,1H3. The Morgan fingerprint density at radius 3 is 2.50 bits per heavy atom. The maximum absolute atomic E-state index is 4.28. The van der Waals surface area contributed by atoms with Gasteiger partial charge in [0.25, 0.3) is 0 Å². The molecule has 1 aliphatic rings. The van der Waals surface area contributed by atoms with Crippen LogP contribution in [0.25, 0.3) is 0 Å². The van der Waals surface area contributed by atoms with Crippen LogP contribution in [0.5, 0.6) is 0 Å². The lowest BCUT2D eigenvalue weighted by Gasteiger charge is -2.34. The highest BCUT2D eigenvalue weighted by Crippen LogP contribution is 2.11. The second kappa shape index (κ2) is 5.80. The lowest BCUT2D eigenvalue weighted by atomic mass is 10.2. The zero-order valence-electron chi connectivity index (χ0n) is 9.84. The average Bonchev–Trinajstić information content (AvgIpc) is 2.38. The zero-order chi connectivity index (χ0) is 11.2. The highest BCUT2D eigenvalue weighted by atomic mass is 15.3. The summed E-state index contributed by atoms with van der Waals surface area (Å²) in [6, 6.07) is 1.86. The van der Waals surface area contributed by atoms with Gasteiger partial charge in [-0.15, -0.1) is 0 Å². The van der Waals surface area contributed by atoms with Crippen LogP contribution in [0.1, 0.15) is 19.8 Å². The maximum atomic E-state index is 4.28. The van der Waals surface area contributed by atoms with Gasteiger partial charge < -0.3 is 4.90 Å². The van der Waals surface area contributed by atoms with Crippen molar-refractivity contribution < 1.29 is 0 Å². The van der Waals surface area contributed by atoms with E-state index in [0.29, 0.717) is 0 Å². The Morgan fingerprint density at radius 2 is 1.88 bits per heavy atom. The molecule has 87 valence electrons. The number of anilines is 1. The van der Waals surface area contributed by atoms with E-state index in [0.717, 1.165) is 32.1 Å². The Morgan fingerprint density at radius 1 is 1.19 bits per heavy atom. The summed E-state index contributed by atoms with van der Waals surface area (Å²) in [5.74, 6) is 0.859. The van der Waals surface area contributed by atoms with E-state index in [9.17, 15) is 0 Å². The molecule has 1 aliphatic heterocycles. The topological polar surface area (TPSA) is 32.3 Å². The Hall–Kier alpha value is -1.16. The summed E-state index contributed by atoms with van der Waals surface area (Å²) < 4.78 is 0. The van der Waals surface area contributed by atoms with Gasteiger partial charge in [0.1, 0.15) is 0 Å². The maximum Gasteiger partial charge on any atom is 0.225 e. The highest BCUT2D eigenvalue weighted by Gasteiger charge is 2.17. The van der Waals surface area contributed by atoms with Gasteiger partial charge in [0.2, 0.25) is 5.95 Å². The predicted octanol–water partition coefficient (Wildman–Crippen LogP) is 1.56. The fraction of sp³-hybridized carbons (Fsp3) is 0.583. The third kappa shape index (κ3) is 2.92. The van der Waals surface area contributed by atoms with Crippen LogP contribution in [0, 0.1) is 6.54 Å². The van der Waals surface area contributed by atoms with Crippen LogP contribution in [0.3, 0.4) is 0 Å². The van der Waals surface area contributed by atoms with Gasteiger partial charge in [0, 0.05) is 45.1 Å². The highest BCUT2D eigenvalue weighted by molar-refractivity contribution is 5.29. The molecule has 4 heteroatoms. The van der Waals surface area contributed by atoms with Crippen molar-refractivity contribution >= 4 is 5.95 Å². The second-order valence-electron chi connectivity index (χ2n) is 4.04. The van der Waals surface area contributed by atoms with E-state index in [1.165, 1.54) is 12.8 Å². The average molecular weight is 219 g/mol. The Bertz CT molecular complexity index is 293. The minimum atomic E-state index is 0.859. The second-order valence-corrected chi connectivity index (χ2v) is 4.04. The molecule has 2 heterocycles. The van der Waals surface area contributed by atoms with Crippen molar-refractivity contribution in [2.45, 2.75) is 19.8 Å². The summed E-state index contributed by atoms with van der Waals surface area (Å²) in [6.45, 7) is 8.73. The van der Waals surface area contributed by atoms with Crippen LogP contribution >= 0.6 is 0 Å². The summed E-state index contributed by atoms with van der Waals surface area (Å²) in [6.07, 6.45) is 6.01. The summed E-state index contributed by atoms with van der Waals surface area (Å²) in [5, 5.41) is 0. The first-order valence-electron chi connectivity index (χ1n) is 5.99. The molecule has 0 aromatic carbocycles. The van der Waals surface area contributed by atoms with Crippen molar-refractivity contribution in [3.05, 3.63) is 25.0 Å². The predicted molar refractivity (Wildman–Crippen MR) is 65.0 cm³/mol. The van der Waals surface area contributed by atoms with Crippen LogP contribution < -0.4 is 4.90 Å². The van der Waals surface area contributed by atoms with Gasteiger partial charge in [-0.1, -0.05) is 13.3 Å². The molecule has 4 nitrogen and oxygen atoms in total. The number of hydrogen-bond acceptors (Lipinski definition) is 4. The minimum Gasteiger partial charge on any atom is -0.338 e. The van der Waals surface area contributed by atoms with E-state index < -0.39 is 0 Å². The van der Waals surface area contributed by atoms with Crippen molar-refractivity contribution in [1.29, 1.82) is 0 Å². The SMILES string of the molecule is CCC[CH]N1CCN(c2ncccn2)CC1. The molecule has 1 saturated heterocycles. The summed E-state index contributed by atoms with van der Waals surface area (Å²) in [5.41, 5.74) is 0. The van der Waals surface area contributed by atoms with Crippen LogP contribution in [-0.4, -0.2) is 41.0 Å². The number of nitrogens with zero attached hydrogens (tertiary/aromatic N) is 4. The van der Waals surface area contributed by atoms with Gasteiger partial charge in [-0.2, -0.15) is 0 Å². The number of aromatic nitrogens is 2. The molecule has 1 radical (unpaired) electrons. The smallest absolute Gasteiger partial charge is 0.225 e. The molecule has 0 saturated carbocycles. The monoisotopic (exact) mass is 219 g/mol. The Labute approximate surface area is 97.3 Å². The number of rotatable bonds is 4. The van der Waals surface area contributed by atoms with Crippen molar-refractivity contribution in [3.63, 3.8) is 0 Å². The molecule has 0 aliphatic carbocycles. The molecule has 1 aromatic rings. The summed E-state index contributed by atoms with van der Waals surface area (Å²) in [4.78, 5) is 13.2. The third-order valence-corrected chi connectivity index (χ3v) is 2.83. The van der Waals surface area contributed by atoms with Crippen LogP contribution in [0.15, 0.2) is 18.5 Å². The van der Waals surface area contributed by atoms with E-state index in [1.54, 1.807) is 12.4 Å². The first kappa shape index (κ1) is 11.3. The molecule has 0 amide bonds. The molecular formula is C12H19N4. The van der Waals surface area contributed by atoms with Crippen molar-refractivity contribution in [3.8, 4) is 0 Å². The molecule has 2 rings (SSSR count). The van der Waals surface area contributed by atoms with Crippen molar-refractivity contribution in [2.24, 2.45) is 0 Å². The molecular weight excluding hydrogens is 200 g/mol. The Balaban J connectivity index is 1.81. The fourth-order valence-corrected chi connectivity index (χ4v) is 1.87. The molecule has 0 N–H and O–H groups in total. The Kier molecular flexibility index (Phi) is 4.10. The summed E-state index contributed by atoms with van der Waals surface area (Å²) in [7, 11) is 0. The van der Waals surface area contributed by atoms with E-state index in [2.05, 4.69) is 33.2 Å². The van der Waals surface area contributed by atoms with E-state index in [-0.39, 0.29) is 0 Å². The van der Waals surface area contributed by atoms with Gasteiger partial charge in [0.15, 0.2) is 0 Å². The van der Waals surface area contributed by atoms with E-state index in [4.69, 9.17) is 0 Å². The van der Waals surface area contributed by atoms with E-state index >= 15 is 0 Å². The van der Waals surface area contributed by atoms with Crippen molar-refractivity contribution in [1.82, 2.24) is 14.9 Å². The van der Waals surface area contributed by atoms with Gasteiger partial charge in [-0.3, -0.25) is 4.90 Å². The first-order valence-corrected chi connectivity index (χ1v) is 5.99. The first-order chi connectivity index (χ1) is 7.90. The molecule has 1 fully saturated rings. The van der Waals surface area contributed by atoms with Crippen molar-refractivity contribution in [2.75, 3.05) is 31.1 Å². The molecule has 0 bridgehead atoms. The van der Waals surface area contributed by atoms with Gasteiger partial charge in [-0.05, 0) is 12.5 Å². The molecule has 16 heavy (non-hydrogen) atoms. The molecule has 0 spiro atoms. The molecule has 0 unspecified atom stereocenters. The number of hydrogen-bond donors (Lipinski definition) is 0. The van der Waals surface area contributed by atoms with Gasteiger partial charge in [-0.25, -0.2) is 9.97 Å². The lowest BCUT2D eigenvalue weighted by molar-refractivity contribution is 0.301. The normalized spacial score (nSPS) is 17.7. The molecule has 0 atom stereocenters. The molecule has 1 aromatic heterocycles. The fourth-order valence-electron chi connectivity index (χ4n) is 1.87. The number of piperazine rings is 1. The van der Waals surface area contributed by atoms with E-state index in [1.807, 2.05) is 6.07 Å². The van der Waals surface area contributed by atoms with Crippen LogP contribution in [0.2, 0.25) is 0 Å². The van der Waals surface area contributed by atoms with Crippen LogP contribution in [-0.2, 0) is 0 Å². The minimum absolute atomic E-state index is 0.859. The van der Waals surface area contributed by atoms with Gasteiger partial charge in [0.05, 0.1) is 0 Å². The quantitative estimate of drug-likeness (QED) is 0.769. The number of unbranched alkanes of at least 4 members (excludes halogenated alkanes) is 1. The van der Waals surface area contributed by atoms with Crippen LogP contribution in [0.4, 0.5) is 5.95 Å². The third-order valence-electron chi connectivity index (χ3n) is 2.83. The largest absolute Gasteiger partial charge is 0.338 e. The zero-order valence-corrected chi connectivity index (χ0v) is 9.84. The lowest BCUT2D eigenvalue weighted by Crippen LogP contribution is -2.45. The van der Waals surface area contributed by atoms with Gasteiger partial charge >= 0.3 is 0 Å².